The van der Waals surface area contributed by atoms with Crippen molar-refractivity contribution in [3.05, 3.63) is 46.2 Å². The van der Waals surface area contributed by atoms with Crippen LogP contribution in [-0.2, 0) is 6.54 Å². The number of hydrogen-bond acceptors (Lipinski definition) is 4. The summed E-state index contributed by atoms with van der Waals surface area (Å²) in [5.74, 6) is 0. The molecule has 0 fully saturated rings. The van der Waals surface area contributed by atoms with Gasteiger partial charge in [0.2, 0.25) is 0 Å². The second-order valence-electron chi connectivity index (χ2n) is 3.75. The van der Waals surface area contributed by atoms with Gasteiger partial charge in [-0.3, -0.25) is 4.98 Å². The zero-order valence-electron chi connectivity index (χ0n) is 9.47. The van der Waals surface area contributed by atoms with Gasteiger partial charge in [0.1, 0.15) is 0 Å². The number of thiazole rings is 1. The molecule has 0 bridgehead atoms. The van der Waals surface area contributed by atoms with Crippen molar-refractivity contribution in [3.63, 3.8) is 0 Å². The Hall–Kier alpha value is -1.26. The summed E-state index contributed by atoms with van der Waals surface area (Å²) in [6, 6.07) is 4.37. The van der Waals surface area contributed by atoms with E-state index >= 15 is 0 Å². The van der Waals surface area contributed by atoms with Crippen LogP contribution in [-0.4, -0.2) is 9.97 Å². The highest BCUT2D eigenvalue weighted by atomic mass is 32.1. The topological polar surface area (TPSA) is 37.8 Å². The van der Waals surface area contributed by atoms with Crippen molar-refractivity contribution in [2.45, 2.75) is 26.4 Å². The zero-order valence-corrected chi connectivity index (χ0v) is 10.3. The molecule has 2 aromatic heterocycles. The summed E-state index contributed by atoms with van der Waals surface area (Å²) in [5.41, 5.74) is 4.22. The molecular formula is C12H15N3S. The highest BCUT2D eigenvalue weighted by molar-refractivity contribution is 7.09. The summed E-state index contributed by atoms with van der Waals surface area (Å²) in [7, 11) is 0. The van der Waals surface area contributed by atoms with E-state index in [1.165, 1.54) is 10.4 Å². The molecule has 0 aliphatic heterocycles. The van der Waals surface area contributed by atoms with Crippen LogP contribution in [0, 0.1) is 6.92 Å². The Morgan fingerprint density at radius 3 is 3.00 bits per heavy atom. The van der Waals surface area contributed by atoms with Crippen molar-refractivity contribution in [1.82, 2.24) is 15.3 Å². The molecule has 0 unspecified atom stereocenters. The molecule has 84 valence electrons. The average molecular weight is 233 g/mol. The summed E-state index contributed by atoms with van der Waals surface area (Å²) >= 11 is 1.70. The maximum absolute atomic E-state index is 4.23. The van der Waals surface area contributed by atoms with E-state index in [0.29, 0.717) is 6.04 Å². The third-order valence-electron chi connectivity index (χ3n) is 2.60. The van der Waals surface area contributed by atoms with Gasteiger partial charge >= 0.3 is 0 Å². The standard InChI is InChI=1S/C12H15N3S/c1-9(11-4-3-5-13-6-11)14-7-12-10(2)15-8-16-12/h3-6,8-9,14H,7H2,1-2H3/t9-/m1/s1. The first-order valence-electron chi connectivity index (χ1n) is 5.29. The largest absolute Gasteiger partial charge is 0.305 e. The maximum Gasteiger partial charge on any atom is 0.0798 e. The number of nitrogens with zero attached hydrogens (tertiary/aromatic N) is 2. The van der Waals surface area contributed by atoms with Crippen molar-refractivity contribution in [3.8, 4) is 0 Å². The highest BCUT2D eigenvalue weighted by Gasteiger charge is 2.06. The average Bonchev–Trinajstić information content (AvgIpc) is 2.73. The van der Waals surface area contributed by atoms with Crippen LogP contribution in [0.5, 0.6) is 0 Å². The van der Waals surface area contributed by atoms with E-state index < -0.39 is 0 Å². The Kier molecular flexibility index (Phi) is 3.64. The molecule has 2 aromatic rings. The quantitative estimate of drug-likeness (QED) is 0.882. The molecule has 16 heavy (non-hydrogen) atoms. The van der Waals surface area contributed by atoms with Crippen LogP contribution < -0.4 is 5.32 Å². The van der Waals surface area contributed by atoms with Crippen LogP contribution in [0.3, 0.4) is 0 Å². The first-order chi connectivity index (χ1) is 7.77. The third kappa shape index (κ3) is 2.65. The fourth-order valence-electron chi connectivity index (χ4n) is 1.49. The fourth-order valence-corrected chi connectivity index (χ4v) is 2.22. The molecule has 0 aromatic carbocycles. The Bertz CT molecular complexity index is 439. The SMILES string of the molecule is Cc1ncsc1CN[C@H](C)c1cccnc1. The number of nitrogens with one attached hydrogen (secondary N) is 1. The molecule has 4 heteroatoms. The van der Waals surface area contributed by atoms with Crippen molar-refractivity contribution in [2.24, 2.45) is 0 Å². The summed E-state index contributed by atoms with van der Waals surface area (Å²) in [6.45, 7) is 5.06. The Morgan fingerprint density at radius 2 is 2.38 bits per heavy atom. The van der Waals surface area contributed by atoms with Crippen molar-refractivity contribution in [2.75, 3.05) is 0 Å². The van der Waals surface area contributed by atoms with Crippen LogP contribution in [0.15, 0.2) is 30.0 Å². The maximum atomic E-state index is 4.23. The normalized spacial score (nSPS) is 12.6. The second-order valence-corrected chi connectivity index (χ2v) is 4.69. The Morgan fingerprint density at radius 1 is 1.50 bits per heavy atom. The molecule has 3 nitrogen and oxygen atoms in total. The third-order valence-corrected chi connectivity index (χ3v) is 3.53. The lowest BCUT2D eigenvalue weighted by Gasteiger charge is -2.12. The number of aromatic nitrogens is 2. The smallest absolute Gasteiger partial charge is 0.0798 e. The van der Waals surface area contributed by atoms with Crippen LogP contribution in [0.4, 0.5) is 0 Å². The fraction of sp³-hybridized carbons (Fsp3) is 0.333. The van der Waals surface area contributed by atoms with Crippen molar-refractivity contribution < 1.29 is 0 Å². The summed E-state index contributed by atoms with van der Waals surface area (Å²) < 4.78 is 0. The first-order valence-corrected chi connectivity index (χ1v) is 6.17. The van der Waals surface area contributed by atoms with E-state index in [4.69, 9.17) is 0 Å². The lowest BCUT2D eigenvalue weighted by Crippen LogP contribution is -2.18. The van der Waals surface area contributed by atoms with Crippen molar-refractivity contribution >= 4 is 11.3 Å². The van der Waals surface area contributed by atoms with Gasteiger partial charge in [0.15, 0.2) is 0 Å². The number of hydrogen-bond donors (Lipinski definition) is 1. The van der Waals surface area contributed by atoms with Crippen LogP contribution in [0.25, 0.3) is 0 Å². The van der Waals surface area contributed by atoms with Gasteiger partial charge in [-0.2, -0.15) is 0 Å². The predicted octanol–water partition coefficient (Wildman–Crippen LogP) is 2.70. The molecule has 2 rings (SSSR count). The van der Waals surface area contributed by atoms with Gasteiger partial charge in [0.25, 0.3) is 0 Å². The summed E-state index contributed by atoms with van der Waals surface area (Å²) in [6.07, 6.45) is 3.70. The minimum atomic E-state index is 0.315. The first kappa shape index (κ1) is 11.2. The zero-order chi connectivity index (χ0) is 11.4. The minimum Gasteiger partial charge on any atom is -0.305 e. The van der Waals surface area contributed by atoms with E-state index in [0.717, 1.165) is 12.2 Å². The summed E-state index contributed by atoms with van der Waals surface area (Å²) in [5, 5.41) is 3.47. The second kappa shape index (κ2) is 5.18. The molecule has 1 atom stereocenters. The molecule has 0 aliphatic rings. The minimum absolute atomic E-state index is 0.315. The number of aryl methyl sites for hydroxylation is 1. The van der Waals surface area contributed by atoms with E-state index in [9.17, 15) is 0 Å². The lowest BCUT2D eigenvalue weighted by molar-refractivity contribution is 0.575. The number of pyridine rings is 1. The highest BCUT2D eigenvalue weighted by Crippen LogP contribution is 2.15. The monoisotopic (exact) mass is 233 g/mol. The lowest BCUT2D eigenvalue weighted by atomic mass is 10.1. The molecular weight excluding hydrogens is 218 g/mol. The summed E-state index contributed by atoms with van der Waals surface area (Å²) in [4.78, 5) is 9.65. The molecule has 0 saturated carbocycles. The van der Waals surface area contributed by atoms with E-state index in [1.54, 1.807) is 17.5 Å². The van der Waals surface area contributed by atoms with Crippen molar-refractivity contribution in [1.29, 1.82) is 0 Å². The van der Waals surface area contributed by atoms with Gasteiger partial charge in [-0.15, -0.1) is 11.3 Å². The number of rotatable bonds is 4. The van der Waals surface area contributed by atoms with Gasteiger partial charge in [-0.25, -0.2) is 4.98 Å². The van der Waals surface area contributed by atoms with Gasteiger partial charge in [-0.05, 0) is 25.5 Å². The van der Waals surface area contributed by atoms with Crippen LogP contribution >= 0.6 is 11.3 Å². The van der Waals surface area contributed by atoms with Gasteiger partial charge < -0.3 is 5.32 Å². The molecule has 0 saturated heterocycles. The van der Waals surface area contributed by atoms with E-state index in [-0.39, 0.29) is 0 Å². The Labute approximate surface area is 99.6 Å². The van der Waals surface area contributed by atoms with Gasteiger partial charge in [0, 0.05) is 29.9 Å². The van der Waals surface area contributed by atoms with Crippen LogP contribution in [0.1, 0.15) is 29.1 Å². The predicted molar refractivity (Wildman–Crippen MR) is 66.3 cm³/mol. The molecule has 0 amide bonds. The van der Waals surface area contributed by atoms with Gasteiger partial charge in [-0.1, -0.05) is 6.07 Å². The molecule has 2 heterocycles. The van der Waals surface area contributed by atoms with E-state index in [2.05, 4.69) is 28.3 Å². The van der Waals surface area contributed by atoms with Gasteiger partial charge in [0.05, 0.1) is 11.2 Å². The molecule has 0 radical (unpaired) electrons. The molecule has 0 spiro atoms. The van der Waals surface area contributed by atoms with E-state index in [1.807, 2.05) is 24.7 Å². The molecule has 0 aliphatic carbocycles. The molecule has 1 N–H and O–H groups in total. The van der Waals surface area contributed by atoms with Crippen LogP contribution in [0.2, 0.25) is 0 Å². The Balaban J connectivity index is 1.94.